The number of piperidine rings is 1. The highest BCUT2D eigenvalue weighted by Crippen LogP contribution is 2.26. The zero-order valence-electron chi connectivity index (χ0n) is 15.5. The van der Waals surface area contributed by atoms with Crippen LogP contribution in [0.2, 0.25) is 0 Å². The molecule has 1 aromatic heterocycles. The van der Waals surface area contributed by atoms with E-state index >= 15 is 0 Å². The van der Waals surface area contributed by atoms with Crippen LogP contribution in [-0.4, -0.2) is 68.1 Å². The van der Waals surface area contributed by atoms with E-state index in [-0.39, 0.29) is 4.90 Å². The second-order valence-electron chi connectivity index (χ2n) is 7.32. The van der Waals surface area contributed by atoms with Gasteiger partial charge in [-0.05, 0) is 30.9 Å². The molecule has 0 atom stereocenters. The molecule has 0 spiro atoms. The number of aromatic nitrogens is 1. The molecule has 1 aromatic carbocycles. The lowest BCUT2D eigenvalue weighted by Gasteiger charge is -2.35. The van der Waals surface area contributed by atoms with Crippen LogP contribution in [0.15, 0.2) is 32.3 Å². The number of aryl methyl sites for hydroxylation is 1. The predicted molar refractivity (Wildman–Crippen MR) is 100 cm³/mol. The van der Waals surface area contributed by atoms with Crippen molar-refractivity contribution in [3.8, 4) is 0 Å². The highest BCUT2D eigenvalue weighted by Gasteiger charge is 2.30. The van der Waals surface area contributed by atoms with E-state index in [2.05, 4.69) is 4.90 Å². The summed E-state index contributed by atoms with van der Waals surface area (Å²) in [7, 11) is -1.99. The Kier molecular flexibility index (Phi) is 5.11. The highest BCUT2D eigenvalue weighted by atomic mass is 32.2. The average Bonchev–Trinajstić information content (AvgIpc) is 2.96. The van der Waals surface area contributed by atoms with E-state index in [0.29, 0.717) is 30.1 Å². The van der Waals surface area contributed by atoms with Crippen LogP contribution >= 0.6 is 0 Å². The van der Waals surface area contributed by atoms with Gasteiger partial charge in [0.2, 0.25) is 10.0 Å². The van der Waals surface area contributed by atoms with Crippen molar-refractivity contribution >= 4 is 21.1 Å². The topological polar surface area (TPSA) is 85.0 Å². The van der Waals surface area contributed by atoms with Gasteiger partial charge in [-0.1, -0.05) is 0 Å². The van der Waals surface area contributed by atoms with Crippen molar-refractivity contribution in [1.82, 2.24) is 13.8 Å². The summed E-state index contributed by atoms with van der Waals surface area (Å²) in [4.78, 5) is 14.2. The molecule has 9 heteroatoms. The quantitative estimate of drug-likeness (QED) is 0.764. The standard InChI is InChI=1S/C18H25N3O5S/c1-19-16-3-2-15(12-17(16)26-18(19)22)27(23,24)21-6-4-14(5-7-21)13-20-8-10-25-11-9-20/h2-3,12,14H,4-11,13H2,1H3. The minimum absolute atomic E-state index is 0.177. The van der Waals surface area contributed by atoms with Crippen LogP contribution in [0.3, 0.4) is 0 Å². The summed E-state index contributed by atoms with van der Waals surface area (Å²) in [5, 5.41) is 0. The number of benzene rings is 1. The average molecular weight is 395 g/mol. The van der Waals surface area contributed by atoms with Gasteiger partial charge in [0.1, 0.15) is 0 Å². The molecular weight excluding hydrogens is 370 g/mol. The smallest absolute Gasteiger partial charge is 0.408 e. The molecule has 27 heavy (non-hydrogen) atoms. The van der Waals surface area contributed by atoms with Crippen LogP contribution in [0.5, 0.6) is 0 Å². The van der Waals surface area contributed by atoms with E-state index in [1.807, 2.05) is 0 Å². The fourth-order valence-electron chi connectivity index (χ4n) is 3.90. The third kappa shape index (κ3) is 3.69. The number of fused-ring (bicyclic) bond motifs is 1. The molecule has 2 fully saturated rings. The Labute approximate surface area is 158 Å². The first-order chi connectivity index (χ1) is 12.9. The predicted octanol–water partition coefficient (Wildman–Crippen LogP) is 0.864. The largest absolute Gasteiger partial charge is 0.419 e. The molecule has 8 nitrogen and oxygen atoms in total. The maximum absolute atomic E-state index is 13.0. The van der Waals surface area contributed by atoms with Crippen molar-refractivity contribution in [2.45, 2.75) is 17.7 Å². The van der Waals surface area contributed by atoms with Crippen molar-refractivity contribution in [3.05, 3.63) is 28.7 Å². The van der Waals surface area contributed by atoms with Crippen LogP contribution in [0.25, 0.3) is 11.1 Å². The first-order valence-electron chi connectivity index (χ1n) is 9.35. The number of sulfonamides is 1. The lowest BCUT2D eigenvalue weighted by atomic mass is 9.97. The van der Waals surface area contributed by atoms with Crippen molar-refractivity contribution in [3.63, 3.8) is 0 Å². The monoisotopic (exact) mass is 395 g/mol. The summed E-state index contributed by atoms with van der Waals surface area (Å²) in [5.41, 5.74) is 0.883. The number of morpholine rings is 1. The molecule has 2 aliphatic heterocycles. The zero-order valence-corrected chi connectivity index (χ0v) is 16.3. The van der Waals surface area contributed by atoms with Crippen molar-refractivity contribution in [1.29, 1.82) is 0 Å². The van der Waals surface area contributed by atoms with E-state index < -0.39 is 15.8 Å². The fourth-order valence-corrected chi connectivity index (χ4v) is 5.39. The van der Waals surface area contributed by atoms with Crippen LogP contribution in [-0.2, 0) is 21.8 Å². The Morgan fingerprint density at radius 2 is 1.81 bits per heavy atom. The number of rotatable bonds is 4. The van der Waals surface area contributed by atoms with Gasteiger partial charge in [0, 0.05) is 45.8 Å². The van der Waals surface area contributed by atoms with Crippen LogP contribution in [0.4, 0.5) is 0 Å². The highest BCUT2D eigenvalue weighted by molar-refractivity contribution is 7.89. The molecule has 148 valence electrons. The second-order valence-corrected chi connectivity index (χ2v) is 9.25. The third-order valence-corrected chi connectivity index (χ3v) is 7.49. The summed E-state index contributed by atoms with van der Waals surface area (Å²) in [6.07, 6.45) is 1.72. The lowest BCUT2D eigenvalue weighted by molar-refractivity contribution is 0.0269. The number of ether oxygens (including phenoxy) is 1. The van der Waals surface area contributed by atoms with Crippen LogP contribution in [0.1, 0.15) is 12.8 Å². The Morgan fingerprint density at radius 3 is 2.52 bits per heavy atom. The number of oxazole rings is 1. The summed E-state index contributed by atoms with van der Waals surface area (Å²) in [6.45, 7) is 5.54. The summed E-state index contributed by atoms with van der Waals surface area (Å²) in [5.74, 6) is 0.0210. The Hall–Kier alpha value is -1.68. The van der Waals surface area contributed by atoms with Gasteiger partial charge < -0.3 is 9.15 Å². The molecule has 0 unspecified atom stereocenters. The van der Waals surface area contributed by atoms with Crippen molar-refractivity contribution in [2.24, 2.45) is 13.0 Å². The molecule has 0 radical (unpaired) electrons. The SMILES string of the molecule is Cn1c(=O)oc2cc(S(=O)(=O)N3CCC(CN4CCOCC4)CC3)ccc21. The first kappa shape index (κ1) is 18.7. The molecule has 4 rings (SSSR count). The van der Waals surface area contributed by atoms with Gasteiger partial charge in [0.25, 0.3) is 0 Å². The molecule has 0 N–H and O–H groups in total. The van der Waals surface area contributed by atoms with E-state index in [9.17, 15) is 13.2 Å². The minimum Gasteiger partial charge on any atom is -0.408 e. The zero-order chi connectivity index (χ0) is 19.0. The number of hydrogen-bond donors (Lipinski definition) is 0. The van der Waals surface area contributed by atoms with E-state index in [1.54, 1.807) is 23.5 Å². The number of hydrogen-bond acceptors (Lipinski definition) is 6. The molecule has 0 amide bonds. The summed E-state index contributed by atoms with van der Waals surface area (Å²) < 4.78 is 39.4. The Morgan fingerprint density at radius 1 is 1.11 bits per heavy atom. The fraction of sp³-hybridized carbons (Fsp3) is 0.611. The molecule has 0 saturated carbocycles. The van der Waals surface area contributed by atoms with E-state index in [0.717, 1.165) is 45.7 Å². The third-order valence-electron chi connectivity index (χ3n) is 5.60. The molecule has 3 heterocycles. The van der Waals surface area contributed by atoms with Crippen molar-refractivity contribution in [2.75, 3.05) is 45.9 Å². The maximum Gasteiger partial charge on any atom is 0.419 e. The molecule has 2 saturated heterocycles. The Bertz CT molecular complexity index is 967. The summed E-state index contributed by atoms with van der Waals surface area (Å²) in [6, 6.07) is 4.62. The second kappa shape index (κ2) is 7.38. The van der Waals surface area contributed by atoms with Crippen LogP contribution < -0.4 is 5.76 Å². The van der Waals surface area contributed by atoms with Gasteiger partial charge in [-0.15, -0.1) is 0 Å². The first-order valence-corrected chi connectivity index (χ1v) is 10.8. The molecule has 0 bridgehead atoms. The van der Waals surface area contributed by atoms with Gasteiger partial charge >= 0.3 is 5.76 Å². The van der Waals surface area contributed by atoms with Gasteiger partial charge in [-0.25, -0.2) is 13.2 Å². The van der Waals surface area contributed by atoms with E-state index in [4.69, 9.17) is 9.15 Å². The molecule has 2 aliphatic rings. The molecule has 0 aliphatic carbocycles. The van der Waals surface area contributed by atoms with Crippen LogP contribution in [0, 0.1) is 5.92 Å². The van der Waals surface area contributed by atoms with Gasteiger partial charge in [-0.3, -0.25) is 9.47 Å². The normalized spacial score (nSPS) is 21.1. The van der Waals surface area contributed by atoms with Crippen molar-refractivity contribution < 1.29 is 17.6 Å². The molecule has 2 aromatic rings. The van der Waals surface area contributed by atoms with Gasteiger partial charge in [0.05, 0.1) is 23.6 Å². The van der Waals surface area contributed by atoms with E-state index in [1.165, 1.54) is 10.6 Å². The van der Waals surface area contributed by atoms with Gasteiger partial charge in [-0.2, -0.15) is 4.31 Å². The molecular formula is C18H25N3O5S. The summed E-state index contributed by atoms with van der Waals surface area (Å²) >= 11 is 0. The minimum atomic E-state index is -3.59. The lowest BCUT2D eigenvalue weighted by Crippen LogP contribution is -2.44. The van der Waals surface area contributed by atoms with Gasteiger partial charge in [0.15, 0.2) is 5.58 Å². The maximum atomic E-state index is 13.0. The Balaban J connectivity index is 1.44. The number of nitrogens with zero attached hydrogens (tertiary/aromatic N) is 3.